The molecule has 0 heterocycles. The summed E-state index contributed by atoms with van der Waals surface area (Å²) in [6, 6.07) is 0. The Morgan fingerprint density at radius 2 is 1.74 bits per heavy atom. The van der Waals surface area contributed by atoms with Crippen molar-refractivity contribution >= 4 is 18.3 Å². The van der Waals surface area contributed by atoms with Crippen LogP contribution in [-0.2, 0) is 4.79 Å². The molecular weight excluding hydrogens is 260 g/mol. The SMILES string of the molecule is CC1CCC(CNC(=O)CCCCCCN)CC1.Cl. The van der Waals surface area contributed by atoms with Crippen LogP contribution < -0.4 is 11.1 Å². The minimum absolute atomic E-state index is 0. The van der Waals surface area contributed by atoms with E-state index >= 15 is 0 Å². The topological polar surface area (TPSA) is 55.1 Å². The van der Waals surface area contributed by atoms with Gasteiger partial charge in [-0.25, -0.2) is 0 Å². The number of carbonyl (C=O) groups excluding carboxylic acids is 1. The molecule has 0 radical (unpaired) electrons. The third-order valence-electron chi connectivity index (χ3n) is 4.08. The first kappa shape index (κ1) is 18.7. The van der Waals surface area contributed by atoms with E-state index in [0.717, 1.165) is 50.6 Å². The van der Waals surface area contributed by atoms with Crippen molar-refractivity contribution in [1.82, 2.24) is 5.32 Å². The summed E-state index contributed by atoms with van der Waals surface area (Å²) < 4.78 is 0. The molecule has 0 unspecified atom stereocenters. The quantitative estimate of drug-likeness (QED) is 0.674. The molecule has 3 nitrogen and oxygen atoms in total. The lowest BCUT2D eigenvalue weighted by molar-refractivity contribution is -0.121. The molecule has 0 aromatic carbocycles. The minimum atomic E-state index is 0. The number of carbonyl (C=O) groups is 1. The van der Waals surface area contributed by atoms with Crippen LogP contribution in [0.25, 0.3) is 0 Å². The molecule has 1 rings (SSSR count). The van der Waals surface area contributed by atoms with Gasteiger partial charge in [0.15, 0.2) is 0 Å². The first-order valence-corrected chi connectivity index (χ1v) is 7.69. The Kier molecular flexibility index (Phi) is 11.4. The predicted octanol–water partition coefficient (Wildman–Crippen LogP) is 3.26. The maximum Gasteiger partial charge on any atom is 0.220 e. The fraction of sp³-hybridized carbons (Fsp3) is 0.933. The second-order valence-corrected chi connectivity index (χ2v) is 5.88. The van der Waals surface area contributed by atoms with E-state index in [9.17, 15) is 4.79 Å². The molecule has 3 N–H and O–H groups in total. The van der Waals surface area contributed by atoms with Crippen molar-refractivity contribution < 1.29 is 4.79 Å². The molecule has 0 spiro atoms. The largest absolute Gasteiger partial charge is 0.356 e. The van der Waals surface area contributed by atoms with E-state index in [1.165, 1.54) is 25.7 Å². The van der Waals surface area contributed by atoms with Crippen LogP contribution in [0, 0.1) is 11.8 Å². The summed E-state index contributed by atoms with van der Waals surface area (Å²) >= 11 is 0. The number of nitrogens with two attached hydrogens (primary N) is 1. The maximum absolute atomic E-state index is 11.6. The molecule has 0 saturated heterocycles. The van der Waals surface area contributed by atoms with Crippen LogP contribution in [0.4, 0.5) is 0 Å². The Labute approximate surface area is 124 Å². The lowest BCUT2D eigenvalue weighted by atomic mass is 9.83. The first-order valence-electron chi connectivity index (χ1n) is 7.69. The maximum atomic E-state index is 11.6. The predicted molar refractivity (Wildman–Crippen MR) is 83.5 cm³/mol. The van der Waals surface area contributed by atoms with Gasteiger partial charge in [0.25, 0.3) is 0 Å². The number of amides is 1. The molecule has 19 heavy (non-hydrogen) atoms. The van der Waals surface area contributed by atoms with E-state index in [-0.39, 0.29) is 18.3 Å². The van der Waals surface area contributed by atoms with Gasteiger partial charge in [-0.1, -0.05) is 32.6 Å². The second kappa shape index (κ2) is 11.5. The highest BCUT2D eigenvalue weighted by molar-refractivity contribution is 5.85. The average Bonchev–Trinajstić information content (AvgIpc) is 2.38. The smallest absolute Gasteiger partial charge is 0.220 e. The highest BCUT2D eigenvalue weighted by Gasteiger charge is 2.18. The van der Waals surface area contributed by atoms with Crippen LogP contribution >= 0.6 is 12.4 Å². The van der Waals surface area contributed by atoms with Crippen molar-refractivity contribution in [2.45, 2.75) is 64.7 Å². The number of hydrogen-bond acceptors (Lipinski definition) is 2. The van der Waals surface area contributed by atoms with Crippen molar-refractivity contribution in [3.8, 4) is 0 Å². The van der Waals surface area contributed by atoms with Gasteiger partial charge in [0.05, 0.1) is 0 Å². The standard InChI is InChI=1S/C15H30N2O.ClH/c1-13-7-9-14(10-8-13)12-17-15(18)6-4-2-3-5-11-16;/h13-14H,2-12,16H2,1H3,(H,17,18);1H. The number of halogens is 1. The van der Waals surface area contributed by atoms with E-state index in [0.29, 0.717) is 6.42 Å². The molecule has 0 aromatic heterocycles. The van der Waals surface area contributed by atoms with E-state index in [2.05, 4.69) is 12.2 Å². The zero-order valence-electron chi connectivity index (χ0n) is 12.3. The normalized spacial score (nSPS) is 22.6. The van der Waals surface area contributed by atoms with Crippen LogP contribution in [0.15, 0.2) is 0 Å². The number of rotatable bonds is 8. The van der Waals surface area contributed by atoms with Gasteiger partial charge < -0.3 is 11.1 Å². The number of unbranched alkanes of at least 4 members (excludes halogenated alkanes) is 3. The molecule has 1 aliphatic carbocycles. The van der Waals surface area contributed by atoms with Crippen LogP contribution in [0.3, 0.4) is 0 Å². The summed E-state index contributed by atoms with van der Waals surface area (Å²) in [7, 11) is 0. The van der Waals surface area contributed by atoms with E-state index in [4.69, 9.17) is 5.73 Å². The van der Waals surface area contributed by atoms with Gasteiger partial charge in [0, 0.05) is 13.0 Å². The summed E-state index contributed by atoms with van der Waals surface area (Å²) in [5, 5.41) is 3.09. The molecule has 0 aromatic rings. The summed E-state index contributed by atoms with van der Waals surface area (Å²) in [4.78, 5) is 11.6. The molecule has 4 heteroatoms. The average molecular weight is 291 g/mol. The van der Waals surface area contributed by atoms with Crippen LogP contribution in [0.5, 0.6) is 0 Å². The molecule has 114 valence electrons. The summed E-state index contributed by atoms with van der Waals surface area (Å²) in [5.41, 5.74) is 5.43. The molecule has 1 aliphatic rings. The Bertz CT molecular complexity index is 228. The fourth-order valence-corrected chi connectivity index (χ4v) is 2.66. The lowest BCUT2D eigenvalue weighted by Crippen LogP contribution is -2.30. The highest BCUT2D eigenvalue weighted by Crippen LogP contribution is 2.27. The highest BCUT2D eigenvalue weighted by atomic mass is 35.5. The van der Waals surface area contributed by atoms with Gasteiger partial charge in [-0.05, 0) is 44.1 Å². The Balaban J connectivity index is 0.00000324. The van der Waals surface area contributed by atoms with Crippen molar-refractivity contribution in [1.29, 1.82) is 0 Å². The Morgan fingerprint density at radius 3 is 2.37 bits per heavy atom. The first-order chi connectivity index (χ1) is 8.72. The summed E-state index contributed by atoms with van der Waals surface area (Å²) in [5.74, 6) is 1.85. The van der Waals surface area contributed by atoms with E-state index in [1.807, 2.05) is 0 Å². The van der Waals surface area contributed by atoms with Gasteiger partial charge >= 0.3 is 0 Å². The van der Waals surface area contributed by atoms with Crippen molar-refractivity contribution in [3.05, 3.63) is 0 Å². The zero-order chi connectivity index (χ0) is 13.2. The fourth-order valence-electron chi connectivity index (χ4n) is 2.66. The lowest BCUT2D eigenvalue weighted by Gasteiger charge is -2.26. The van der Waals surface area contributed by atoms with Gasteiger partial charge in [-0.15, -0.1) is 12.4 Å². The van der Waals surface area contributed by atoms with Crippen molar-refractivity contribution in [2.75, 3.05) is 13.1 Å². The van der Waals surface area contributed by atoms with Crippen molar-refractivity contribution in [3.63, 3.8) is 0 Å². The monoisotopic (exact) mass is 290 g/mol. The molecular formula is C15H31ClN2O. The molecule has 0 aliphatic heterocycles. The van der Waals surface area contributed by atoms with Crippen LogP contribution in [0.1, 0.15) is 64.7 Å². The van der Waals surface area contributed by atoms with Crippen LogP contribution in [0.2, 0.25) is 0 Å². The van der Waals surface area contributed by atoms with Gasteiger partial charge in [0.2, 0.25) is 5.91 Å². The van der Waals surface area contributed by atoms with E-state index in [1.54, 1.807) is 0 Å². The van der Waals surface area contributed by atoms with Crippen LogP contribution in [-0.4, -0.2) is 19.0 Å². The van der Waals surface area contributed by atoms with E-state index < -0.39 is 0 Å². The number of nitrogens with one attached hydrogen (secondary N) is 1. The molecule has 1 amide bonds. The van der Waals surface area contributed by atoms with Gasteiger partial charge in [-0.2, -0.15) is 0 Å². The third kappa shape index (κ3) is 9.28. The molecule has 0 bridgehead atoms. The summed E-state index contributed by atoms with van der Waals surface area (Å²) in [6.45, 7) is 4.00. The zero-order valence-corrected chi connectivity index (χ0v) is 13.1. The molecule has 1 saturated carbocycles. The van der Waals surface area contributed by atoms with Gasteiger partial charge in [0.1, 0.15) is 0 Å². The Hall–Kier alpha value is -0.280. The van der Waals surface area contributed by atoms with Crippen molar-refractivity contribution in [2.24, 2.45) is 17.6 Å². The Morgan fingerprint density at radius 1 is 1.11 bits per heavy atom. The molecule has 0 atom stereocenters. The van der Waals surface area contributed by atoms with Gasteiger partial charge in [-0.3, -0.25) is 4.79 Å². The second-order valence-electron chi connectivity index (χ2n) is 5.88. The molecule has 1 fully saturated rings. The number of hydrogen-bond donors (Lipinski definition) is 2. The minimum Gasteiger partial charge on any atom is -0.356 e. The third-order valence-corrected chi connectivity index (χ3v) is 4.08. The summed E-state index contributed by atoms with van der Waals surface area (Å²) in [6.07, 6.45) is 10.3.